The van der Waals surface area contributed by atoms with Gasteiger partial charge in [0.2, 0.25) is 6.71 Å². The van der Waals surface area contributed by atoms with E-state index in [0.717, 1.165) is 141 Å². The maximum absolute atomic E-state index is 2.71. The molecule has 18 aromatic rings. The lowest BCUT2D eigenvalue weighted by molar-refractivity contribution is 1.22. The zero-order valence-corrected chi connectivity index (χ0v) is 64.3. The Labute approximate surface area is 682 Å². The molecule has 0 saturated heterocycles. The van der Waals surface area contributed by atoms with Gasteiger partial charge in [0.25, 0.3) is 6.71 Å². The molecule has 18 aromatic carbocycles. The molecule has 0 unspecified atom stereocenters. The largest absolute Gasteiger partial charge is 0.311 e. The molecule has 0 radical (unpaired) electrons. The predicted octanol–water partition coefficient (Wildman–Crippen LogP) is 25.5. The van der Waals surface area contributed by atoms with Gasteiger partial charge in [-0.3, -0.25) is 0 Å². The van der Waals surface area contributed by atoms with Crippen molar-refractivity contribution < 1.29 is 0 Å². The van der Waals surface area contributed by atoms with E-state index in [0.29, 0.717) is 0 Å². The van der Waals surface area contributed by atoms with E-state index in [1.165, 1.54) is 53.7 Å². The SMILES string of the molecule is c1ccc(-c2ccc(N(c3cc4c5c(c3)N(c3ccccc3)c3ccccc3B5c3cc5c(cc3S4)N(c3c(-c4ccccc4)cccc3-c3ccccc3)c3cc(N(c4ccc(-c6ccccc6)cc4)c4ccccc4-c4ccccc4)cc4c3B5c3ccccc3N4c3ccccc3)c3ccccc3-c3ccccc3)cc2)cc1. The summed E-state index contributed by atoms with van der Waals surface area (Å²) < 4.78 is 0. The second-order valence-electron chi connectivity index (χ2n) is 30.2. The molecular weight excluding hydrogens is 1420 g/mol. The first-order valence-electron chi connectivity index (χ1n) is 39.9. The van der Waals surface area contributed by atoms with Crippen LogP contribution >= 0.6 is 11.8 Å². The normalized spacial score (nSPS) is 12.5. The van der Waals surface area contributed by atoms with Gasteiger partial charge in [-0.15, -0.1) is 0 Å². The fraction of sp³-hybridized carbons (Fsp3) is 0. The third kappa shape index (κ3) is 11.7. The van der Waals surface area contributed by atoms with Gasteiger partial charge >= 0.3 is 0 Å². The minimum Gasteiger partial charge on any atom is -0.311 e. The Morgan fingerprint density at radius 3 is 0.983 bits per heavy atom. The quantitative estimate of drug-likeness (QED) is 0.0944. The number of nitrogens with zero attached hydrogens (tertiary/aromatic N) is 5. The topological polar surface area (TPSA) is 16.2 Å². The smallest absolute Gasteiger partial charge is 0.252 e. The molecule has 0 atom stereocenters. The minimum atomic E-state index is -0.250. The summed E-state index contributed by atoms with van der Waals surface area (Å²) in [7, 11) is 0. The van der Waals surface area contributed by atoms with E-state index in [4.69, 9.17) is 0 Å². The Balaban J connectivity index is 0.845. The van der Waals surface area contributed by atoms with Gasteiger partial charge in [-0.2, -0.15) is 0 Å². The Kier molecular flexibility index (Phi) is 17.0. The molecule has 5 nitrogen and oxygen atoms in total. The molecular formula is C108H73B2N5S. The standard InChI is InChI=1S/C108H73B2N5S/c1-9-34-74(35-10-1)76-60-64-84(65-61-76)111(96-56-29-25-50-88(96)78-38-13-3-14-39-78)86-68-101-106-102(69-86)115(108-90(80-42-17-5-18-43-80)52-33-53-91(108)81-44-19-6-20-45-81)100-73-104-95(72-94(100)109(106)92-54-27-31-58-98(92)113(101)82-46-21-7-22-47-82)110-93-55-28-32-59-99(93)114(83-48-23-8-24-49-83)103-70-87(71-105(116-104)107(103)110)112(85-66-62-77(63-67-85)75-36-11-2-12-37-75)97-57-30-26-51-89(97)79-40-15-4-16-41-79/h1-73H. The van der Waals surface area contributed by atoms with Gasteiger partial charge in [-0.1, -0.05) is 357 Å². The average Bonchev–Trinajstić information content (AvgIpc) is 0.688. The van der Waals surface area contributed by atoms with Crippen molar-refractivity contribution in [3.8, 4) is 66.8 Å². The van der Waals surface area contributed by atoms with Crippen molar-refractivity contribution in [2.45, 2.75) is 9.79 Å². The van der Waals surface area contributed by atoms with Crippen LogP contribution < -0.4 is 57.3 Å². The molecule has 0 amide bonds. The van der Waals surface area contributed by atoms with Crippen molar-refractivity contribution >= 4 is 143 Å². The maximum atomic E-state index is 2.71. The van der Waals surface area contributed by atoms with Crippen LogP contribution in [0, 0.1) is 0 Å². The Hall–Kier alpha value is -14.6. The Morgan fingerprint density at radius 2 is 0.534 bits per heavy atom. The van der Waals surface area contributed by atoms with Crippen molar-refractivity contribution in [2.75, 3.05) is 24.5 Å². The van der Waals surface area contributed by atoms with E-state index in [2.05, 4.69) is 467 Å². The molecule has 116 heavy (non-hydrogen) atoms. The summed E-state index contributed by atoms with van der Waals surface area (Å²) in [6.45, 7) is -0.429. The lowest BCUT2D eigenvalue weighted by Gasteiger charge is -2.46. The molecule has 542 valence electrons. The van der Waals surface area contributed by atoms with Gasteiger partial charge in [0.05, 0.1) is 22.7 Å². The second-order valence-corrected chi connectivity index (χ2v) is 31.3. The lowest BCUT2D eigenvalue weighted by atomic mass is 9.31. The first-order chi connectivity index (χ1) is 57.6. The summed E-state index contributed by atoms with van der Waals surface area (Å²) in [6.07, 6.45) is 0. The summed E-state index contributed by atoms with van der Waals surface area (Å²) in [4.78, 5) is 15.2. The summed E-state index contributed by atoms with van der Waals surface area (Å²) >= 11 is 1.91. The van der Waals surface area contributed by atoms with Crippen LogP contribution in [0.3, 0.4) is 0 Å². The summed E-state index contributed by atoms with van der Waals surface area (Å²) in [5.41, 5.74) is 37.5. The molecule has 22 rings (SSSR count). The van der Waals surface area contributed by atoms with Gasteiger partial charge in [0.15, 0.2) is 0 Å². The highest BCUT2D eigenvalue weighted by molar-refractivity contribution is 8.00. The number of fused-ring (bicyclic) bond motifs is 8. The molecule has 8 heteroatoms. The summed E-state index contributed by atoms with van der Waals surface area (Å²) in [5, 5.41) is 0. The molecule has 0 saturated carbocycles. The van der Waals surface area contributed by atoms with Crippen LogP contribution in [0.1, 0.15) is 0 Å². The molecule has 0 bridgehead atoms. The molecule has 0 fully saturated rings. The molecule has 4 heterocycles. The first kappa shape index (κ1) is 68.3. The van der Waals surface area contributed by atoms with Crippen molar-refractivity contribution in [3.05, 3.63) is 443 Å². The first-order valence-corrected chi connectivity index (χ1v) is 40.8. The zero-order chi connectivity index (χ0) is 76.6. The van der Waals surface area contributed by atoms with Gasteiger partial charge < -0.3 is 24.5 Å². The number of hydrogen-bond acceptors (Lipinski definition) is 6. The van der Waals surface area contributed by atoms with E-state index in [-0.39, 0.29) is 13.4 Å². The van der Waals surface area contributed by atoms with E-state index >= 15 is 0 Å². The van der Waals surface area contributed by atoms with Gasteiger partial charge in [-0.05, 0) is 175 Å². The summed E-state index contributed by atoms with van der Waals surface area (Å²) in [5.74, 6) is 0. The Bertz CT molecular complexity index is 6690. The highest BCUT2D eigenvalue weighted by Crippen LogP contribution is 2.55. The number of para-hydroxylation sites is 7. The van der Waals surface area contributed by atoms with Crippen LogP contribution in [-0.4, -0.2) is 13.4 Å². The number of anilines is 15. The third-order valence-electron chi connectivity index (χ3n) is 23.6. The van der Waals surface area contributed by atoms with Crippen molar-refractivity contribution in [2.24, 2.45) is 0 Å². The molecule has 4 aliphatic heterocycles. The fourth-order valence-corrected chi connectivity index (χ4v) is 19.8. The average molecular weight is 1490 g/mol. The highest BCUT2D eigenvalue weighted by atomic mass is 32.2. The summed E-state index contributed by atoms with van der Waals surface area (Å²) in [6, 6.07) is 165. The number of benzene rings is 18. The molecule has 0 spiro atoms. The predicted molar refractivity (Wildman–Crippen MR) is 492 cm³/mol. The van der Waals surface area contributed by atoms with Crippen LogP contribution in [0.2, 0.25) is 0 Å². The maximum Gasteiger partial charge on any atom is 0.252 e. The van der Waals surface area contributed by atoms with Gasteiger partial charge in [0, 0.05) is 94.6 Å². The minimum absolute atomic E-state index is 0.179. The van der Waals surface area contributed by atoms with Crippen molar-refractivity contribution in [1.29, 1.82) is 0 Å². The van der Waals surface area contributed by atoms with E-state index in [1.807, 2.05) is 11.8 Å². The van der Waals surface area contributed by atoms with Gasteiger partial charge in [-0.25, -0.2) is 0 Å². The third-order valence-corrected chi connectivity index (χ3v) is 24.8. The van der Waals surface area contributed by atoms with Crippen LogP contribution in [-0.2, 0) is 0 Å². The molecule has 0 N–H and O–H groups in total. The highest BCUT2D eigenvalue weighted by Gasteiger charge is 2.48. The monoisotopic (exact) mass is 1490 g/mol. The fourth-order valence-electron chi connectivity index (χ4n) is 18.6. The molecule has 0 aromatic heterocycles. The Morgan fingerprint density at radius 1 is 0.198 bits per heavy atom. The van der Waals surface area contributed by atoms with E-state index in [1.54, 1.807) is 0 Å². The molecule has 0 aliphatic carbocycles. The van der Waals surface area contributed by atoms with Crippen molar-refractivity contribution in [1.82, 2.24) is 0 Å². The number of hydrogen-bond donors (Lipinski definition) is 0. The number of rotatable bonds is 15. The van der Waals surface area contributed by atoms with Crippen LogP contribution in [0.4, 0.5) is 85.3 Å². The second kappa shape index (κ2) is 28.9. The molecule has 4 aliphatic rings. The van der Waals surface area contributed by atoms with Crippen LogP contribution in [0.5, 0.6) is 0 Å². The van der Waals surface area contributed by atoms with Crippen molar-refractivity contribution in [3.63, 3.8) is 0 Å². The van der Waals surface area contributed by atoms with E-state index in [9.17, 15) is 0 Å². The van der Waals surface area contributed by atoms with Crippen LogP contribution in [0.15, 0.2) is 453 Å². The van der Waals surface area contributed by atoms with Crippen LogP contribution in [0.25, 0.3) is 66.8 Å². The zero-order valence-electron chi connectivity index (χ0n) is 63.4. The van der Waals surface area contributed by atoms with Gasteiger partial charge in [0.1, 0.15) is 0 Å². The van der Waals surface area contributed by atoms with E-state index < -0.39 is 0 Å². The lowest BCUT2D eigenvalue weighted by Crippen LogP contribution is -2.64.